The predicted molar refractivity (Wildman–Crippen MR) is 91.2 cm³/mol. The molecule has 0 N–H and O–H groups in total. The van der Waals surface area contributed by atoms with Crippen molar-refractivity contribution in [3.05, 3.63) is 35.4 Å². The fraction of sp³-hybridized carbons (Fsp3) is 0.556. The molecule has 0 aromatic heterocycles. The van der Waals surface area contributed by atoms with Gasteiger partial charge in [0.05, 0.1) is 19.8 Å². The van der Waals surface area contributed by atoms with E-state index in [-0.39, 0.29) is 17.9 Å². The molecule has 0 bridgehead atoms. The third-order valence-electron chi connectivity index (χ3n) is 4.33. The van der Waals surface area contributed by atoms with Crippen LogP contribution in [0.15, 0.2) is 34.3 Å². The van der Waals surface area contributed by atoms with Gasteiger partial charge in [0.2, 0.25) is 11.8 Å². The number of halogens is 3. The molecular weight excluding hydrogens is 333 g/mol. The lowest BCUT2D eigenvalue weighted by Crippen LogP contribution is -2.39. The zero-order valence-corrected chi connectivity index (χ0v) is 15.0. The summed E-state index contributed by atoms with van der Waals surface area (Å²) in [5.74, 6) is 0.955. The minimum atomic E-state index is -4.35. The highest BCUT2D eigenvalue weighted by molar-refractivity contribution is 5.94. The average molecular weight is 356 g/mol. The Hall–Kier alpha value is -2.05. The zero-order valence-electron chi connectivity index (χ0n) is 15.0. The summed E-state index contributed by atoms with van der Waals surface area (Å²) in [6.07, 6.45) is -4.35. The van der Waals surface area contributed by atoms with Crippen molar-refractivity contribution in [2.24, 2.45) is 15.9 Å². The van der Waals surface area contributed by atoms with Gasteiger partial charge in [0.1, 0.15) is 12.1 Å². The molecule has 1 aliphatic rings. The molecule has 7 heteroatoms. The van der Waals surface area contributed by atoms with E-state index in [1.54, 1.807) is 7.11 Å². The maximum atomic E-state index is 12.7. The number of hydrogen-bond donors (Lipinski definition) is 0. The van der Waals surface area contributed by atoms with Crippen molar-refractivity contribution < 1.29 is 22.6 Å². The Morgan fingerprint density at radius 2 is 1.36 bits per heavy atom. The Labute approximate surface area is 145 Å². The van der Waals surface area contributed by atoms with Gasteiger partial charge in [-0.15, -0.1) is 0 Å². The third-order valence-corrected chi connectivity index (χ3v) is 4.33. The summed E-state index contributed by atoms with van der Waals surface area (Å²) >= 11 is 0. The molecule has 0 saturated heterocycles. The standard InChI is InChI=1S/C18H23F3N2O2/c1-10(2)14-16(24-4)23-15(17(22-14)25-5)11(3)12-6-8-13(9-7-12)18(19,20)21/h6-11,14-15H,1-5H3. The van der Waals surface area contributed by atoms with Gasteiger partial charge >= 0.3 is 6.18 Å². The van der Waals surface area contributed by atoms with E-state index in [9.17, 15) is 13.2 Å². The van der Waals surface area contributed by atoms with Crippen LogP contribution in [-0.4, -0.2) is 38.1 Å². The van der Waals surface area contributed by atoms with Crippen LogP contribution in [-0.2, 0) is 15.7 Å². The molecule has 0 fully saturated rings. The van der Waals surface area contributed by atoms with Crippen molar-refractivity contribution in [1.29, 1.82) is 0 Å². The molecule has 1 aromatic rings. The van der Waals surface area contributed by atoms with Gasteiger partial charge in [-0.1, -0.05) is 32.9 Å². The number of hydrogen-bond acceptors (Lipinski definition) is 4. The molecule has 3 unspecified atom stereocenters. The summed E-state index contributed by atoms with van der Waals surface area (Å²) < 4.78 is 49.0. The molecule has 0 saturated carbocycles. The first-order chi connectivity index (χ1) is 11.7. The largest absolute Gasteiger partial charge is 0.483 e. The van der Waals surface area contributed by atoms with Gasteiger partial charge in [0.15, 0.2) is 0 Å². The Kier molecular flexibility index (Phi) is 5.75. The van der Waals surface area contributed by atoms with Gasteiger partial charge in [-0.3, -0.25) is 0 Å². The lowest BCUT2D eigenvalue weighted by Gasteiger charge is -2.30. The number of ether oxygens (including phenoxy) is 2. The maximum absolute atomic E-state index is 12.7. The lowest BCUT2D eigenvalue weighted by molar-refractivity contribution is -0.137. The van der Waals surface area contributed by atoms with Crippen LogP contribution >= 0.6 is 0 Å². The second kappa shape index (κ2) is 7.45. The first kappa shape index (κ1) is 19.3. The lowest BCUT2D eigenvalue weighted by atomic mass is 9.91. The van der Waals surface area contributed by atoms with Gasteiger partial charge in [-0.05, 0) is 23.6 Å². The van der Waals surface area contributed by atoms with Crippen molar-refractivity contribution in [3.8, 4) is 0 Å². The topological polar surface area (TPSA) is 43.2 Å². The first-order valence-electron chi connectivity index (χ1n) is 8.09. The fourth-order valence-corrected chi connectivity index (χ4v) is 2.80. The quantitative estimate of drug-likeness (QED) is 0.810. The smallest absolute Gasteiger partial charge is 0.416 e. The van der Waals surface area contributed by atoms with Gasteiger partial charge in [0.25, 0.3) is 0 Å². The monoisotopic (exact) mass is 356 g/mol. The zero-order chi connectivity index (χ0) is 18.8. The van der Waals surface area contributed by atoms with Crippen molar-refractivity contribution in [2.45, 2.75) is 44.9 Å². The van der Waals surface area contributed by atoms with Crippen LogP contribution in [0.25, 0.3) is 0 Å². The van der Waals surface area contributed by atoms with E-state index in [1.165, 1.54) is 19.2 Å². The molecule has 0 spiro atoms. The van der Waals surface area contributed by atoms with Crippen LogP contribution in [0.5, 0.6) is 0 Å². The number of aliphatic imine (C=N–C) groups is 2. The molecule has 1 aliphatic heterocycles. The Morgan fingerprint density at radius 1 is 0.880 bits per heavy atom. The SMILES string of the molecule is COC1=NC(C(C)c2ccc(C(F)(F)F)cc2)C(OC)=NC1C(C)C. The summed E-state index contributed by atoms with van der Waals surface area (Å²) in [4.78, 5) is 9.21. The van der Waals surface area contributed by atoms with E-state index < -0.39 is 17.8 Å². The Morgan fingerprint density at radius 3 is 1.80 bits per heavy atom. The van der Waals surface area contributed by atoms with Crippen LogP contribution in [0, 0.1) is 5.92 Å². The van der Waals surface area contributed by atoms with Crippen LogP contribution in [0.1, 0.15) is 37.8 Å². The molecular formula is C18H23F3N2O2. The molecule has 2 rings (SSSR count). The summed E-state index contributed by atoms with van der Waals surface area (Å²) in [5, 5.41) is 0. The predicted octanol–water partition coefficient (Wildman–Crippen LogP) is 4.31. The summed E-state index contributed by atoms with van der Waals surface area (Å²) in [6.45, 7) is 5.90. The van der Waals surface area contributed by atoms with Crippen molar-refractivity contribution in [3.63, 3.8) is 0 Å². The molecule has 0 radical (unpaired) electrons. The van der Waals surface area contributed by atoms with E-state index in [2.05, 4.69) is 9.98 Å². The number of alkyl halides is 3. The van der Waals surface area contributed by atoms with E-state index >= 15 is 0 Å². The fourth-order valence-electron chi connectivity index (χ4n) is 2.80. The Bertz CT molecular complexity index is 651. The van der Waals surface area contributed by atoms with Crippen LogP contribution in [0.3, 0.4) is 0 Å². The number of methoxy groups -OCH3 is 2. The number of benzene rings is 1. The van der Waals surface area contributed by atoms with Gasteiger partial charge in [-0.2, -0.15) is 13.2 Å². The summed E-state index contributed by atoms with van der Waals surface area (Å²) in [7, 11) is 3.07. The highest BCUT2D eigenvalue weighted by Crippen LogP contribution is 2.32. The molecule has 4 nitrogen and oxygen atoms in total. The first-order valence-corrected chi connectivity index (χ1v) is 8.09. The van der Waals surface area contributed by atoms with Gasteiger partial charge in [0, 0.05) is 5.92 Å². The summed E-state index contributed by atoms with van der Waals surface area (Å²) in [5.41, 5.74) is 0.0543. The van der Waals surface area contributed by atoms with E-state index in [1.807, 2.05) is 20.8 Å². The van der Waals surface area contributed by atoms with E-state index in [0.717, 1.165) is 17.7 Å². The molecule has 1 aromatic carbocycles. The van der Waals surface area contributed by atoms with Crippen molar-refractivity contribution in [2.75, 3.05) is 14.2 Å². The van der Waals surface area contributed by atoms with E-state index in [4.69, 9.17) is 9.47 Å². The average Bonchev–Trinajstić information content (AvgIpc) is 2.59. The van der Waals surface area contributed by atoms with Gasteiger partial charge in [-0.25, -0.2) is 9.98 Å². The third kappa shape index (κ3) is 4.14. The second-order valence-corrected chi connectivity index (χ2v) is 6.39. The highest BCUT2D eigenvalue weighted by Gasteiger charge is 2.35. The summed E-state index contributed by atoms with van der Waals surface area (Å²) in [6, 6.07) is 4.43. The molecule has 1 heterocycles. The van der Waals surface area contributed by atoms with Crippen LogP contribution in [0.2, 0.25) is 0 Å². The molecule has 0 amide bonds. The molecule has 0 aliphatic carbocycles. The van der Waals surface area contributed by atoms with Crippen molar-refractivity contribution in [1.82, 2.24) is 0 Å². The molecule has 25 heavy (non-hydrogen) atoms. The van der Waals surface area contributed by atoms with Crippen LogP contribution < -0.4 is 0 Å². The number of rotatable bonds is 3. The minimum absolute atomic E-state index is 0.186. The normalized spacial score (nSPS) is 22.3. The molecule has 138 valence electrons. The van der Waals surface area contributed by atoms with E-state index in [0.29, 0.717) is 11.8 Å². The Balaban J connectivity index is 2.32. The molecule has 3 atom stereocenters. The van der Waals surface area contributed by atoms with Crippen molar-refractivity contribution >= 4 is 11.8 Å². The van der Waals surface area contributed by atoms with Gasteiger partial charge < -0.3 is 9.47 Å². The highest BCUT2D eigenvalue weighted by atomic mass is 19.4. The number of nitrogens with zero attached hydrogens (tertiary/aromatic N) is 2. The minimum Gasteiger partial charge on any atom is -0.483 e. The second-order valence-electron chi connectivity index (χ2n) is 6.39. The maximum Gasteiger partial charge on any atom is 0.416 e. The van der Waals surface area contributed by atoms with Crippen LogP contribution in [0.4, 0.5) is 13.2 Å².